The third kappa shape index (κ3) is 3.12. The quantitative estimate of drug-likeness (QED) is 0.790. The largest absolute Gasteiger partial charge is 0.340 e. The molecule has 1 amide bonds. The Labute approximate surface area is 133 Å². The second kappa shape index (κ2) is 5.77. The smallest absolute Gasteiger partial charge is 0.269 e. The molecule has 122 valence electrons. The van der Waals surface area contributed by atoms with Crippen molar-refractivity contribution < 1.29 is 13.2 Å². The van der Waals surface area contributed by atoms with Gasteiger partial charge in [0.25, 0.3) is 5.56 Å². The van der Waals surface area contributed by atoms with Crippen molar-refractivity contribution in [3.8, 4) is 0 Å². The van der Waals surface area contributed by atoms with Gasteiger partial charge in [-0.2, -0.15) is 0 Å². The van der Waals surface area contributed by atoms with E-state index < -0.39 is 9.84 Å². The number of likely N-dealkylation sites (N-methyl/N-ethyl adjacent to an activating group) is 1. The van der Waals surface area contributed by atoms with Gasteiger partial charge >= 0.3 is 0 Å². The topological polar surface area (TPSA) is 89.3 Å². The molecule has 0 bridgehead atoms. The van der Waals surface area contributed by atoms with E-state index in [4.69, 9.17) is 0 Å². The number of para-hydroxylation sites is 2. The number of rotatable bonds is 3. The summed E-state index contributed by atoms with van der Waals surface area (Å²) >= 11 is 0. The van der Waals surface area contributed by atoms with E-state index in [0.29, 0.717) is 17.5 Å². The number of aromatic nitrogens is 2. The Hall–Kier alpha value is -2.22. The summed E-state index contributed by atoms with van der Waals surface area (Å²) in [6, 6.07) is 6.76. The second-order valence-electron chi connectivity index (χ2n) is 5.73. The Balaban J connectivity index is 1.86. The molecule has 1 aliphatic heterocycles. The lowest BCUT2D eigenvalue weighted by molar-refractivity contribution is -0.132. The van der Waals surface area contributed by atoms with Crippen molar-refractivity contribution in [1.82, 2.24) is 14.5 Å². The fourth-order valence-corrected chi connectivity index (χ4v) is 4.58. The molecule has 0 aliphatic carbocycles. The molecule has 0 unspecified atom stereocenters. The number of hydrogen-bond donors (Lipinski definition) is 0. The number of sulfone groups is 1. The molecule has 1 saturated heterocycles. The van der Waals surface area contributed by atoms with Crippen LogP contribution in [0.2, 0.25) is 0 Å². The number of amides is 1. The fourth-order valence-electron chi connectivity index (χ4n) is 2.81. The number of fused-ring (bicyclic) bond motifs is 1. The summed E-state index contributed by atoms with van der Waals surface area (Å²) in [6.07, 6.45) is 1.63. The van der Waals surface area contributed by atoms with E-state index in [-0.39, 0.29) is 35.6 Å². The lowest BCUT2D eigenvalue weighted by atomic mass is 10.2. The van der Waals surface area contributed by atoms with Gasteiger partial charge in [0.05, 0.1) is 28.7 Å². The summed E-state index contributed by atoms with van der Waals surface area (Å²) in [5, 5.41) is 0. The maximum Gasteiger partial charge on any atom is 0.269 e. The molecule has 0 saturated carbocycles. The molecule has 1 aromatic carbocycles. The van der Waals surface area contributed by atoms with Crippen LogP contribution in [0.3, 0.4) is 0 Å². The first kappa shape index (κ1) is 15.7. The summed E-state index contributed by atoms with van der Waals surface area (Å²) in [5.74, 6) is -0.195. The molecule has 2 aromatic rings. The van der Waals surface area contributed by atoms with Crippen LogP contribution in [0.25, 0.3) is 11.0 Å². The van der Waals surface area contributed by atoms with E-state index in [1.807, 2.05) is 6.07 Å². The van der Waals surface area contributed by atoms with Crippen LogP contribution in [0.5, 0.6) is 0 Å². The standard InChI is InChI=1S/C15H17N3O4S/c1-17(11-6-7-23(21,22)10-11)15(20)9-18-13-5-3-2-4-12(13)16-8-14(18)19/h2-5,8,11H,6-7,9-10H2,1H3/t11-/m0/s1. The summed E-state index contributed by atoms with van der Waals surface area (Å²) in [4.78, 5) is 30.0. The Bertz CT molecular complexity index is 920. The zero-order chi connectivity index (χ0) is 16.6. The molecule has 2 heterocycles. The zero-order valence-electron chi connectivity index (χ0n) is 12.7. The van der Waals surface area contributed by atoms with Crippen molar-refractivity contribution in [2.24, 2.45) is 0 Å². The fraction of sp³-hybridized carbons (Fsp3) is 0.400. The predicted molar refractivity (Wildman–Crippen MR) is 85.8 cm³/mol. The Morgan fingerprint density at radius 2 is 2.13 bits per heavy atom. The maximum atomic E-state index is 12.5. The van der Waals surface area contributed by atoms with Crippen LogP contribution in [0, 0.1) is 0 Å². The minimum absolute atomic E-state index is 0.0127. The average molecular weight is 335 g/mol. The monoisotopic (exact) mass is 335 g/mol. The van der Waals surface area contributed by atoms with E-state index >= 15 is 0 Å². The Morgan fingerprint density at radius 3 is 2.83 bits per heavy atom. The van der Waals surface area contributed by atoms with Gasteiger partial charge in [-0.15, -0.1) is 0 Å². The molecule has 1 atom stereocenters. The predicted octanol–water partition coefficient (Wildman–Crippen LogP) is 0.0420. The first-order chi connectivity index (χ1) is 10.9. The van der Waals surface area contributed by atoms with Gasteiger partial charge in [-0.25, -0.2) is 13.4 Å². The van der Waals surface area contributed by atoms with Crippen molar-refractivity contribution in [2.75, 3.05) is 18.6 Å². The highest BCUT2D eigenvalue weighted by molar-refractivity contribution is 7.91. The van der Waals surface area contributed by atoms with Crippen LogP contribution in [0.4, 0.5) is 0 Å². The second-order valence-corrected chi connectivity index (χ2v) is 7.96. The summed E-state index contributed by atoms with van der Waals surface area (Å²) in [6.45, 7) is -0.130. The first-order valence-corrected chi connectivity index (χ1v) is 9.10. The van der Waals surface area contributed by atoms with E-state index in [9.17, 15) is 18.0 Å². The van der Waals surface area contributed by atoms with Crippen molar-refractivity contribution in [3.63, 3.8) is 0 Å². The molecular formula is C15H17N3O4S. The van der Waals surface area contributed by atoms with Crippen molar-refractivity contribution in [2.45, 2.75) is 19.0 Å². The number of nitrogens with zero attached hydrogens (tertiary/aromatic N) is 3. The van der Waals surface area contributed by atoms with Crippen molar-refractivity contribution in [3.05, 3.63) is 40.8 Å². The highest BCUT2D eigenvalue weighted by Crippen LogP contribution is 2.17. The van der Waals surface area contributed by atoms with Crippen LogP contribution >= 0.6 is 0 Å². The van der Waals surface area contributed by atoms with Gasteiger partial charge in [0.1, 0.15) is 6.54 Å². The normalized spacial score (nSPS) is 19.8. The number of carbonyl (C=O) groups is 1. The Kier molecular flexibility index (Phi) is 3.93. The third-order valence-corrected chi connectivity index (χ3v) is 5.95. The Morgan fingerprint density at radius 1 is 1.39 bits per heavy atom. The van der Waals surface area contributed by atoms with E-state index in [1.54, 1.807) is 25.2 Å². The lowest BCUT2D eigenvalue weighted by Gasteiger charge is -2.24. The minimum Gasteiger partial charge on any atom is -0.340 e. The number of benzene rings is 1. The average Bonchev–Trinajstić information content (AvgIpc) is 2.89. The van der Waals surface area contributed by atoms with Crippen molar-refractivity contribution >= 4 is 26.8 Å². The summed E-state index contributed by atoms with van der Waals surface area (Å²) < 4.78 is 24.5. The van der Waals surface area contributed by atoms with Gasteiger partial charge in [0.15, 0.2) is 9.84 Å². The van der Waals surface area contributed by atoms with Crippen LogP contribution in [0.15, 0.2) is 35.3 Å². The first-order valence-electron chi connectivity index (χ1n) is 7.28. The van der Waals surface area contributed by atoms with Crippen LogP contribution in [-0.2, 0) is 21.2 Å². The van der Waals surface area contributed by atoms with Gasteiger partial charge < -0.3 is 4.90 Å². The molecule has 1 aliphatic rings. The zero-order valence-corrected chi connectivity index (χ0v) is 13.5. The van der Waals surface area contributed by atoms with Gasteiger partial charge in [-0.1, -0.05) is 12.1 Å². The molecular weight excluding hydrogens is 318 g/mol. The minimum atomic E-state index is -3.06. The molecule has 23 heavy (non-hydrogen) atoms. The van der Waals surface area contributed by atoms with Crippen LogP contribution < -0.4 is 5.56 Å². The molecule has 8 heteroatoms. The molecule has 1 aromatic heterocycles. The SMILES string of the molecule is CN(C(=O)Cn1c(=O)cnc2ccccc21)[C@H]1CCS(=O)(=O)C1. The molecule has 7 nitrogen and oxygen atoms in total. The van der Waals surface area contributed by atoms with E-state index in [1.165, 1.54) is 15.7 Å². The van der Waals surface area contributed by atoms with Gasteiger partial charge in [0, 0.05) is 13.1 Å². The highest BCUT2D eigenvalue weighted by atomic mass is 32.2. The lowest BCUT2D eigenvalue weighted by Crippen LogP contribution is -2.41. The molecule has 0 N–H and O–H groups in total. The summed E-state index contributed by atoms with van der Waals surface area (Å²) in [5.41, 5.74) is 0.858. The molecule has 0 radical (unpaired) electrons. The van der Waals surface area contributed by atoms with Crippen LogP contribution in [0.1, 0.15) is 6.42 Å². The molecule has 0 spiro atoms. The van der Waals surface area contributed by atoms with Gasteiger partial charge in [-0.3, -0.25) is 14.2 Å². The molecule has 1 fully saturated rings. The van der Waals surface area contributed by atoms with Crippen molar-refractivity contribution in [1.29, 1.82) is 0 Å². The number of hydrogen-bond acceptors (Lipinski definition) is 5. The maximum absolute atomic E-state index is 12.5. The third-order valence-electron chi connectivity index (χ3n) is 4.20. The van der Waals surface area contributed by atoms with E-state index in [0.717, 1.165) is 0 Å². The van der Waals surface area contributed by atoms with Gasteiger partial charge in [-0.05, 0) is 18.6 Å². The molecule has 3 rings (SSSR count). The van der Waals surface area contributed by atoms with Crippen LogP contribution in [-0.4, -0.2) is 53.4 Å². The summed E-state index contributed by atoms with van der Waals surface area (Å²) in [7, 11) is -1.48. The van der Waals surface area contributed by atoms with Gasteiger partial charge in [0.2, 0.25) is 5.91 Å². The number of carbonyl (C=O) groups excluding carboxylic acids is 1. The highest BCUT2D eigenvalue weighted by Gasteiger charge is 2.32. The van der Waals surface area contributed by atoms with E-state index in [2.05, 4.69) is 4.98 Å².